The van der Waals surface area contributed by atoms with Gasteiger partial charge in [-0.05, 0) is 55.3 Å². The summed E-state index contributed by atoms with van der Waals surface area (Å²) in [6.07, 6.45) is 0. The van der Waals surface area contributed by atoms with E-state index in [1.165, 1.54) is 11.1 Å². The molecule has 0 bridgehead atoms. The monoisotopic (exact) mass is 362 g/mol. The minimum absolute atomic E-state index is 0.272. The standard InChI is InChI=1S/C23H26N2O2/c1-16-11-20-19(13-23(26)27-22(20)12-17(16)2)14-25-10-9-24(3)15-21(25)18-7-5-4-6-8-18/h4-8,11-13,21H,9-10,14-15H2,1-3H3. The topological polar surface area (TPSA) is 36.7 Å². The van der Waals surface area contributed by atoms with Crippen LogP contribution in [0.5, 0.6) is 0 Å². The lowest BCUT2D eigenvalue weighted by Gasteiger charge is -2.40. The van der Waals surface area contributed by atoms with E-state index in [2.05, 4.69) is 60.2 Å². The van der Waals surface area contributed by atoms with Gasteiger partial charge in [0.15, 0.2) is 0 Å². The van der Waals surface area contributed by atoms with Crippen molar-refractivity contribution in [1.82, 2.24) is 9.80 Å². The second-order valence-electron chi connectivity index (χ2n) is 7.68. The molecule has 0 amide bonds. The van der Waals surface area contributed by atoms with Gasteiger partial charge in [-0.15, -0.1) is 0 Å². The van der Waals surface area contributed by atoms with Crippen molar-refractivity contribution in [2.45, 2.75) is 26.4 Å². The third-order valence-electron chi connectivity index (χ3n) is 5.70. The fourth-order valence-corrected chi connectivity index (χ4v) is 3.97. The van der Waals surface area contributed by atoms with Crippen LogP contribution in [0.25, 0.3) is 11.0 Å². The number of benzene rings is 2. The van der Waals surface area contributed by atoms with Crippen LogP contribution < -0.4 is 5.63 Å². The van der Waals surface area contributed by atoms with Gasteiger partial charge in [-0.3, -0.25) is 4.90 Å². The van der Waals surface area contributed by atoms with Crippen LogP contribution in [-0.2, 0) is 6.54 Å². The summed E-state index contributed by atoms with van der Waals surface area (Å²) in [5.74, 6) is 0. The first-order valence-electron chi connectivity index (χ1n) is 9.53. The van der Waals surface area contributed by atoms with Crippen molar-refractivity contribution in [3.8, 4) is 0 Å². The van der Waals surface area contributed by atoms with E-state index < -0.39 is 0 Å². The third kappa shape index (κ3) is 3.68. The molecule has 0 N–H and O–H groups in total. The number of nitrogens with zero attached hydrogens (tertiary/aromatic N) is 2. The number of rotatable bonds is 3. The van der Waals surface area contributed by atoms with Crippen LogP contribution in [0, 0.1) is 13.8 Å². The molecule has 1 aliphatic heterocycles. The first-order valence-corrected chi connectivity index (χ1v) is 9.53. The predicted octanol–water partition coefficient (Wildman–Crippen LogP) is 3.90. The summed E-state index contributed by atoms with van der Waals surface area (Å²) >= 11 is 0. The molecule has 0 aliphatic carbocycles. The lowest BCUT2D eigenvalue weighted by atomic mass is 9.99. The van der Waals surface area contributed by atoms with E-state index in [0.717, 1.165) is 42.7 Å². The Morgan fingerprint density at radius 3 is 2.56 bits per heavy atom. The SMILES string of the molecule is Cc1cc2oc(=O)cc(CN3CCN(C)CC3c3ccccc3)c2cc1C. The Balaban J connectivity index is 1.73. The van der Waals surface area contributed by atoms with E-state index in [1.807, 2.05) is 13.0 Å². The van der Waals surface area contributed by atoms with Crippen LogP contribution in [0.4, 0.5) is 0 Å². The van der Waals surface area contributed by atoms with Crippen molar-refractivity contribution in [1.29, 1.82) is 0 Å². The highest BCUT2D eigenvalue weighted by atomic mass is 16.4. The van der Waals surface area contributed by atoms with E-state index >= 15 is 0 Å². The maximum Gasteiger partial charge on any atom is 0.336 e. The van der Waals surface area contributed by atoms with E-state index in [4.69, 9.17) is 4.42 Å². The van der Waals surface area contributed by atoms with Crippen LogP contribution in [0.3, 0.4) is 0 Å². The average molecular weight is 362 g/mol. The number of hydrogen-bond donors (Lipinski definition) is 0. The van der Waals surface area contributed by atoms with Crippen LogP contribution in [0.2, 0.25) is 0 Å². The van der Waals surface area contributed by atoms with Gasteiger partial charge in [-0.2, -0.15) is 0 Å². The van der Waals surface area contributed by atoms with Crippen molar-refractivity contribution in [3.05, 3.63) is 81.2 Å². The molecule has 140 valence electrons. The van der Waals surface area contributed by atoms with Crippen LogP contribution in [-0.4, -0.2) is 36.5 Å². The molecule has 4 heteroatoms. The maximum absolute atomic E-state index is 12.2. The van der Waals surface area contributed by atoms with Crippen LogP contribution >= 0.6 is 0 Å². The summed E-state index contributed by atoms with van der Waals surface area (Å²) in [5.41, 5.74) is 5.15. The highest BCUT2D eigenvalue weighted by Gasteiger charge is 2.27. The Hall–Kier alpha value is -2.43. The molecule has 1 aliphatic rings. The molecule has 0 saturated carbocycles. The van der Waals surface area contributed by atoms with Crippen molar-refractivity contribution >= 4 is 11.0 Å². The molecule has 0 spiro atoms. The van der Waals surface area contributed by atoms with Gasteiger partial charge in [-0.1, -0.05) is 30.3 Å². The Morgan fingerprint density at radius 1 is 1.04 bits per heavy atom. The molecule has 1 saturated heterocycles. The van der Waals surface area contributed by atoms with E-state index in [0.29, 0.717) is 11.6 Å². The van der Waals surface area contributed by atoms with Gasteiger partial charge >= 0.3 is 5.63 Å². The summed E-state index contributed by atoms with van der Waals surface area (Å²) < 4.78 is 5.47. The zero-order valence-corrected chi connectivity index (χ0v) is 16.2. The molecule has 2 aromatic carbocycles. The van der Waals surface area contributed by atoms with E-state index in [-0.39, 0.29) is 5.63 Å². The molecule has 2 heterocycles. The normalized spacial score (nSPS) is 18.9. The summed E-state index contributed by atoms with van der Waals surface area (Å²) in [7, 11) is 2.17. The van der Waals surface area contributed by atoms with Crippen molar-refractivity contribution in [2.24, 2.45) is 0 Å². The van der Waals surface area contributed by atoms with E-state index in [1.54, 1.807) is 6.07 Å². The Kier molecular flexibility index (Phi) is 4.85. The summed E-state index contributed by atoms with van der Waals surface area (Å²) in [6, 6.07) is 16.8. The lowest BCUT2D eigenvalue weighted by Crippen LogP contribution is -2.46. The number of aryl methyl sites for hydroxylation is 2. The average Bonchev–Trinajstić information content (AvgIpc) is 2.65. The molecular weight excluding hydrogens is 336 g/mol. The van der Waals surface area contributed by atoms with Gasteiger partial charge in [-0.25, -0.2) is 4.79 Å². The quantitative estimate of drug-likeness (QED) is 0.662. The molecule has 1 unspecified atom stereocenters. The predicted molar refractivity (Wildman–Crippen MR) is 109 cm³/mol. The second-order valence-corrected chi connectivity index (χ2v) is 7.68. The molecule has 4 nitrogen and oxygen atoms in total. The third-order valence-corrected chi connectivity index (χ3v) is 5.70. The van der Waals surface area contributed by atoms with Crippen LogP contribution in [0.1, 0.15) is 28.3 Å². The van der Waals surface area contributed by atoms with Crippen molar-refractivity contribution in [2.75, 3.05) is 26.7 Å². The first kappa shape index (κ1) is 18.0. The number of likely N-dealkylation sites (N-methyl/N-ethyl adjacent to an activating group) is 1. The van der Waals surface area contributed by atoms with Crippen LogP contribution in [0.15, 0.2) is 57.7 Å². The summed E-state index contributed by atoms with van der Waals surface area (Å²) in [6.45, 7) is 7.89. The van der Waals surface area contributed by atoms with Gasteiger partial charge in [0, 0.05) is 43.7 Å². The Labute approximate surface area is 160 Å². The van der Waals surface area contributed by atoms with Gasteiger partial charge in [0.25, 0.3) is 0 Å². The minimum Gasteiger partial charge on any atom is -0.423 e. The molecule has 1 aromatic heterocycles. The number of hydrogen-bond acceptors (Lipinski definition) is 4. The number of fused-ring (bicyclic) bond motifs is 1. The van der Waals surface area contributed by atoms with Gasteiger partial charge in [0.05, 0.1) is 0 Å². The summed E-state index contributed by atoms with van der Waals surface area (Å²) in [5, 5.41) is 1.04. The van der Waals surface area contributed by atoms with Gasteiger partial charge in [0.2, 0.25) is 0 Å². The minimum atomic E-state index is -0.272. The smallest absolute Gasteiger partial charge is 0.336 e. The highest BCUT2D eigenvalue weighted by Crippen LogP contribution is 2.29. The zero-order valence-electron chi connectivity index (χ0n) is 16.2. The van der Waals surface area contributed by atoms with Gasteiger partial charge in [0.1, 0.15) is 5.58 Å². The second kappa shape index (κ2) is 7.29. The highest BCUT2D eigenvalue weighted by molar-refractivity contribution is 5.81. The fourth-order valence-electron chi connectivity index (χ4n) is 3.97. The Morgan fingerprint density at radius 2 is 1.78 bits per heavy atom. The molecule has 0 radical (unpaired) electrons. The molecule has 27 heavy (non-hydrogen) atoms. The summed E-state index contributed by atoms with van der Waals surface area (Å²) in [4.78, 5) is 17.0. The maximum atomic E-state index is 12.2. The van der Waals surface area contributed by atoms with Gasteiger partial charge < -0.3 is 9.32 Å². The largest absolute Gasteiger partial charge is 0.423 e. The van der Waals surface area contributed by atoms with E-state index in [9.17, 15) is 4.79 Å². The molecular formula is C23H26N2O2. The van der Waals surface area contributed by atoms with Crippen molar-refractivity contribution < 1.29 is 4.42 Å². The number of piperazine rings is 1. The van der Waals surface area contributed by atoms with Crippen molar-refractivity contribution in [3.63, 3.8) is 0 Å². The molecule has 3 aromatic rings. The first-order chi connectivity index (χ1) is 13.0. The Bertz CT molecular complexity index is 1010. The lowest BCUT2D eigenvalue weighted by molar-refractivity contribution is 0.0836. The zero-order chi connectivity index (χ0) is 19.0. The molecule has 1 atom stereocenters. The molecule has 1 fully saturated rings. The molecule has 4 rings (SSSR count). The fraction of sp³-hybridized carbons (Fsp3) is 0.348.